The van der Waals surface area contributed by atoms with Crippen molar-refractivity contribution in [1.29, 1.82) is 0 Å². The summed E-state index contributed by atoms with van der Waals surface area (Å²) in [5.41, 5.74) is 0.408. The molecular weight excluding hydrogens is 360 g/mol. The Kier molecular flexibility index (Phi) is 6.31. The number of hydrogen-bond donors (Lipinski definition) is 1. The van der Waals surface area contributed by atoms with Crippen LogP contribution in [0.1, 0.15) is 10.4 Å². The van der Waals surface area contributed by atoms with Gasteiger partial charge in [0, 0.05) is 37.9 Å². The van der Waals surface area contributed by atoms with E-state index in [0.29, 0.717) is 43.2 Å². The monoisotopic (exact) mass is 384 g/mol. The van der Waals surface area contributed by atoms with Gasteiger partial charge in [0.05, 0.1) is 20.8 Å². The molecule has 1 aromatic heterocycles. The molecule has 1 saturated heterocycles. The summed E-state index contributed by atoms with van der Waals surface area (Å²) in [6.07, 6.45) is 1.76. The van der Waals surface area contributed by atoms with Crippen molar-refractivity contribution in [2.45, 2.75) is 0 Å². The smallest absolute Gasteiger partial charge is 0.251 e. The number of carbonyl (C=O) groups is 2. The zero-order chi connectivity index (χ0) is 19.9. The summed E-state index contributed by atoms with van der Waals surface area (Å²) in [7, 11) is 3.04. The average molecular weight is 384 g/mol. The zero-order valence-electron chi connectivity index (χ0n) is 16.1. The third-order valence-electron chi connectivity index (χ3n) is 4.65. The molecule has 1 aromatic carbocycles. The molecule has 0 aliphatic carbocycles. The molecule has 28 heavy (non-hydrogen) atoms. The minimum atomic E-state index is -0.332. The lowest BCUT2D eigenvalue weighted by molar-refractivity contribution is -0.130. The Morgan fingerprint density at radius 2 is 1.79 bits per heavy atom. The second-order valence-electron chi connectivity index (χ2n) is 6.31. The molecule has 0 radical (unpaired) electrons. The molecule has 2 heterocycles. The first-order valence-electron chi connectivity index (χ1n) is 9.06. The van der Waals surface area contributed by atoms with Gasteiger partial charge in [-0.1, -0.05) is 6.07 Å². The number of methoxy groups -OCH3 is 2. The van der Waals surface area contributed by atoms with Crippen molar-refractivity contribution < 1.29 is 19.1 Å². The predicted molar refractivity (Wildman–Crippen MR) is 105 cm³/mol. The molecule has 0 atom stereocenters. The second kappa shape index (κ2) is 9.07. The fourth-order valence-corrected chi connectivity index (χ4v) is 3.07. The number of hydrogen-bond acceptors (Lipinski definition) is 6. The van der Waals surface area contributed by atoms with Gasteiger partial charge in [-0.25, -0.2) is 4.98 Å². The topological polar surface area (TPSA) is 84.0 Å². The summed E-state index contributed by atoms with van der Waals surface area (Å²) in [6, 6.07) is 10.7. The molecule has 0 spiro atoms. The summed E-state index contributed by atoms with van der Waals surface area (Å²) >= 11 is 0. The van der Waals surface area contributed by atoms with Crippen molar-refractivity contribution in [1.82, 2.24) is 15.2 Å². The summed E-state index contributed by atoms with van der Waals surface area (Å²) in [5.74, 6) is 1.49. The SMILES string of the molecule is COc1ccc(C(=O)NCC(=O)N2CCN(c3ccccn3)CC2)cc1OC. The van der Waals surface area contributed by atoms with Gasteiger partial charge in [0.2, 0.25) is 5.91 Å². The van der Waals surface area contributed by atoms with Gasteiger partial charge in [0.15, 0.2) is 11.5 Å². The van der Waals surface area contributed by atoms with Crippen molar-refractivity contribution in [2.24, 2.45) is 0 Å². The van der Waals surface area contributed by atoms with Crippen LogP contribution in [0, 0.1) is 0 Å². The van der Waals surface area contributed by atoms with E-state index in [2.05, 4.69) is 15.2 Å². The number of ether oxygens (including phenoxy) is 2. The summed E-state index contributed by atoms with van der Waals surface area (Å²) in [5, 5.41) is 2.68. The third kappa shape index (κ3) is 4.51. The van der Waals surface area contributed by atoms with Crippen molar-refractivity contribution in [3.63, 3.8) is 0 Å². The van der Waals surface area contributed by atoms with Gasteiger partial charge in [-0.05, 0) is 30.3 Å². The number of amides is 2. The van der Waals surface area contributed by atoms with Crippen LogP contribution in [-0.4, -0.2) is 68.6 Å². The first kappa shape index (κ1) is 19.5. The van der Waals surface area contributed by atoms with Crippen molar-refractivity contribution in [3.8, 4) is 11.5 Å². The van der Waals surface area contributed by atoms with Gasteiger partial charge in [-0.15, -0.1) is 0 Å². The highest BCUT2D eigenvalue weighted by atomic mass is 16.5. The standard InChI is InChI=1S/C20H24N4O4/c1-27-16-7-6-15(13-17(16)28-2)20(26)22-14-19(25)24-11-9-23(10-12-24)18-5-3-4-8-21-18/h3-8,13H,9-12,14H2,1-2H3,(H,22,26). The summed E-state index contributed by atoms with van der Waals surface area (Å²) < 4.78 is 10.4. The molecule has 148 valence electrons. The van der Waals surface area contributed by atoms with E-state index < -0.39 is 0 Å². The molecule has 1 fully saturated rings. The van der Waals surface area contributed by atoms with E-state index in [1.807, 2.05) is 18.2 Å². The maximum atomic E-state index is 12.4. The number of pyridine rings is 1. The quantitative estimate of drug-likeness (QED) is 0.805. The Morgan fingerprint density at radius 3 is 2.43 bits per heavy atom. The van der Waals surface area contributed by atoms with E-state index in [4.69, 9.17) is 9.47 Å². The Labute approximate surface area is 164 Å². The van der Waals surface area contributed by atoms with Crippen LogP contribution in [-0.2, 0) is 4.79 Å². The molecule has 1 aliphatic heterocycles. The third-order valence-corrected chi connectivity index (χ3v) is 4.65. The van der Waals surface area contributed by atoms with Gasteiger partial charge < -0.3 is 24.6 Å². The number of anilines is 1. The van der Waals surface area contributed by atoms with Crippen LogP contribution in [0.2, 0.25) is 0 Å². The molecule has 8 nitrogen and oxygen atoms in total. The molecule has 1 aliphatic rings. The molecule has 0 bridgehead atoms. The van der Waals surface area contributed by atoms with Crippen molar-refractivity contribution >= 4 is 17.6 Å². The van der Waals surface area contributed by atoms with Crippen LogP contribution >= 0.6 is 0 Å². The second-order valence-corrected chi connectivity index (χ2v) is 6.31. The van der Waals surface area contributed by atoms with Crippen LogP contribution in [0.3, 0.4) is 0 Å². The normalized spacial score (nSPS) is 13.8. The number of rotatable bonds is 6. The predicted octanol–water partition coefficient (Wildman–Crippen LogP) is 1.18. The average Bonchev–Trinajstić information content (AvgIpc) is 2.77. The number of nitrogens with zero attached hydrogens (tertiary/aromatic N) is 3. The number of carbonyl (C=O) groups excluding carboxylic acids is 2. The minimum absolute atomic E-state index is 0.0449. The molecule has 0 saturated carbocycles. The van der Waals surface area contributed by atoms with Crippen LogP contribution in [0.4, 0.5) is 5.82 Å². The maximum absolute atomic E-state index is 12.4. The zero-order valence-corrected chi connectivity index (χ0v) is 16.1. The first-order valence-corrected chi connectivity index (χ1v) is 9.06. The fraction of sp³-hybridized carbons (Fsp3) is 0.350. The van der Waals surface area contributed by atoms with E-state index in [-0.39, 0.29) is 18.4 Å². The van der Waals surface area contributed by atoms with Gasteiger partial charge >= 0.3 is 0 Å². The van der Waals surface area contributed by atoms with Gasteiger partial charge in [-0.3, -0.25) is 9.59 Å². The largest absolute Gasteiger partial charge is 0.493 e. The number of nitrogens with one attached hydrogen (secondary N) is 1. The molecular formula is C20H24N4O4. The number of benzene rings is 1. The van der Waals surface area contributed by atoms with E-state index >= 15 is 0 Å². The highest BCUT2D eigenvalue weighted by Gasteiger charge is 2.22. The van der Waals surface area contributed by atoms with E-state index in [1.165, 1.54) is 14.2 Å². The number of piperazine rings is 1. The van der Waals surface area contributed by atoms with Gasteiger partial charge in [-0.2, -0.15) is 0 Å². The lowest BCUT2D eigenvalue weighted by Gasteiger charge is -2.35. The highest BCUT2D eigenvalue weighted by molar-refractivity contribution is 5.97. The Bertz CT molecular complexity index is 820. The summed E-state index contributed by atoms with van der Waals surface area (Å²) in [4.78, 5) is 33.0. The minimum Gasteiger partial charge on any atom is -0.493 e. The molecule has 3 rings (SSSR count). The van der Waals surface area contributed by atoms with Crippen LogP contribution < -0.4 is 19.7 Å². The number of aromatic nitrogens is 1. The van der Waals surface area contributed by atoms with Gasteiger partial charge in [0.25, 0.3) is 5.91 Å². The molecule has 2 amide bonds. The van der Waals surface area contributed by atoms with Gasteiger partial charge in [0.1, 0.15) is 5.82 Å². The molecule has 8 heteroatoms. The van der Waals surface area contributed by atoms with Crippen molar-refractivity contribution in [2.75, 3.05) is 51.8 Å². The summed E-state index contributed by atoms with van der Waals surface area (Å²) in [6.45, 7) is 2.58. The van der Waals surface area contributed by atoms with Crippen LogP contribution in [0.5, 0.6) is 11.5 Å². The van der Waals surface area contributed by atoms with Crippen molar-refractivity contribution in [3.05, 3.63) is 48.2 Å². The Hall–Kier alpha value is -3.29. The van der Waals surface area contributed by atoms with E-state index in [1.54, 1.807) is 29.3 Å². The van der Waals surface area contributed by atoms with E-state index in [9.17, 15) is 9.59 Å². The molecule has 0 unspecified atom stereocenters. The first-order chi connectivity index (χ1) is 13.6. The Balaban J connectivity index is 1.50. The molecule has 2 aromatic rings. The van der Waals surface area contributed by atoms with Crippen LogP contribution in [0.15, 0.2) is 42.6 Å². The lowest BCUT2D eigenvalue weighted by Crippen LogP contribution is -2.51. The maximum Gasteiger partial charge on any atom is 0.251 e. The fourth-order valence-electron chi connectivity index (χ4n) is 3.07. The highest BCUT2D eigenvalue weighted by Crippen LogP contribution is 2.27. The van der Waals surface area contributed by atoms with Crippen LogP contribution in [0.25, 0.3) is 0 Å². The Morgan fingerprint density at radius 1 is 1.04 bits per heavy atom. The lowest BCUT2D eigenvalue weighted by atomic mass is 10.2. The molecule has 1 N–H and O–H groups in total. The van der Waals surface area contributed by atoms with E-state index in [0.717, 1.165) is 5.82 Å².